The number of aromatic nitrogens is 1. The summed E-state index contributed by atoms with van der Waals surface area (Å²) in [7, 11) is 0. The molecule has 0 radical (unpaired) electrons. The predicted molar refractivity (Wildman–Crippen MR) is 59.2 cm³/mol. The van der Waals surface area contributed by atoms with Gasteiger partial charge in [-0.25, -0.2) is 0 Å². The van der Waals surface area contributed by atoms with Crippen molar-refractivity contribution in [1.29, 1.82) is 0 Å². The Balaban J connectivity index is 2.85. The molecule has 1 rings (SSSR count). The summed E-state index contributed by atoms with van der Waals surface area (Å²) in [6.45, 7) is 3.29. The third-order valence-electron chi connectivity index (χ3n) is 2.10. The third-order valence-corrected chi connectivity index (χ3v) is 2.10. The number of carbonyl (C=O) groups is 1. The van der Waals surface area contributed by atoms with Crippen LogP contribution in [0.3, 0.4) is 0 Å². The summed E-state index contributed by atoms with van der Waals surface area (Å²) in [5.41, 5.74) is 12.4. The zero-order valence-corrected chi connectivity index (χ0v) is 8.81. The van der Waals surface area contributed by atoms with Crippen LogP contribution in [0.15, 0.2) is 18.3 Å². The van der Waals surface area contributed by atoms with Gasteiger partial charge >= 0.3 is 0 Å². The standard InChI is InChI=1S/C10H16N4O/c1-2-14(7-10(12)15)9-3-4-13-8(5-9)6-11/h3-5H,2,6-7,11H2,1H3,(H2,12,15). The first-order valence-corrected chi connectivity index (χ1v) is 4.85. The molecular weight excluding hydrogens is 192 g/mol. The first kappa shape index (κ1) is 11.5. The average molecular weight is 208 g/mol. The Kier molecular flexibility index (Phi) is 4.05. The van der Waals surface area contributed by atoms with Crippen LogP contribution in [0.5, 0.6) is 0 Å². The van der Waals surface area contributed by atoms with Crippen LogP contribution in [0.4, 0.5) is 5.69 Å². The molecule has 0 saturated carbocycles. The Labute approximate surface area is 89.1 Å². The van der Waals surface area contributed by atoms with E-state index < -0.39 is 0 Å². The van der Waals surface area contributed by atoms with E-state index in [1.807, 2.05) is 24.0 Å². The highest BCUT2D eigenvalue weighted by Gasteiger charge is 2.07. The normalized spacial score (nSPS) is 10.0. The molecule has 1 aromatic heterocycles. The molecule has 82 valence electrons. The summed E-state index contributed by atoms with van der Waals surface area (Å²) < 4.78 is 0. The highest BCUT2D eigenvalue weighted by molar-refractivity contribution is 5.79. The Bertz CT molecular complexity index is 340. The van der Waals surface area contributed by atoms with Crippen LogP contribution in [0.25, 0.3) is 0 Å². The van der Waals surface area contributed by atoms with Crippen molar-refractivity contribution in [2.24, 2.45) is 11.5 Å². The number of pyridine rings is 1. The highest BCUT2D eigenvalue weighted by atomic mass is 16.1. The lowest BCUT2D eigenvalue weighted by atomic mass is 10.3. The van der Waals surface area contributed by atoms with Crippen molar-refractivity contribution in [2.45, 2.75) is 13.5 Å². The van der Waals surface area contributed by atoms with Crippen molar-refractivity contribution >= 4 is 11.6 Å². The second-order valence-electron chi connectivity index (χ2n) is 3.19. The van der Waals surface area contributed by atoms with Crippen LogP contribution in [0.2, 0.25) is 0 Å². The summed E-state index contributed by atoms with van der Waals surface area (Å²) in [4.78, 5) is 16.8. The summed E-state index contributed by atoms with van der Waals surface area (Å²) >= 11 is 0. The Morgan fingerprint density at radius 2 is 2.33 bits per heavy atom. The van der Waals surface area contributed by atoms with Crippen LogP contribution < -0.4 is 16.4 Å². The molecule has 0 bridgehead atoms. The van der Waals surface area contributed by atoms with E-state index in [0.717, 1.165) is 17.9 Å². The molecule has 0 spiro atoms. The quantitative estimate of drug-likeness (QED) is 0.704. The maximum Gasteiger partial charge on any atom is 0.236 e. The zero-order valence-electron chi connectivity index (χ0n) is 8.81. The monoisotopic (exact) mass is 208 g/mol. The van der Waals surface area contributed by atoms with Gasteiger partial charge in [0.05, 0.1) is 12.2 Å². The van der Waals surface area contributed by atoms with E-state index in [9.17, 15) is 4.79 Å². The van der Waals surface area contributed by atoms with Gasteiger partial charge in [0.1, 0.15) is 0 Å². The predicted octanol–water partition coefficient (Wildman–Crippen LogP) is -0.148. The van der Waals surface area contributed by atoms with Crippen molar-refractivity contribution in [2.75, 3.05) is 18.0 Å². The van der Waals surface area contributed by atoms with E-state index in [4.69, 9.17) is 11.5 Å². The highest BCUT2D eigenvalue weighted by Crippen LogP contribution is 2.13. The molecule has 15 heavy (non-hydrogen) atoms. The first-order chi connectivity index (χ1) is 7.17. The summed E-state index contributed by atoms with van der Waals surface area (Å²) in [5.74, 6) is -0.344. The average Bonchev–Trinajstić information content (AvgIpc) is 2.25. The van der Waals surface area contributed by atoms with Gasteiger partial charge in [0.2, 0.25) is 5.91 Å². The minimum absolute atomic E-state index is 0.213. The Morgan fingerprint density at radius 1 is 1.60 bits per heavy atom. The number of anilines is 1. The van der Waals surface area contributed by atoms with Gasteiger partial charge in [-0.3, -0.25) is 9.78 Å². The number of hydrogen-bond acceptors (Lipinski definition) is 4. The van der Waals surface area contributed by atoms with Gasteiger partial charge in [-0.15, -0.1) is 0 Å². The number of carbonyl (C=O) groups excluding carboxylic acids is 1. The van der Waals surface area contributed by atoms with E-state index in [1.54, 1.807) is 6.20 Å². The fourth-order valence-electron chi connectivity index (χ4n) is 1.35. The van der Waals surface area contributed by atoms with E-state index in [1.165, 1.54) is 0 Å². The number of primary amides is 1. The molecule has 1 aromatic rings. The van der Waals surface area contributed by atoms with Gasteiger partial charge < -0.3 is 16.4 Å². The van der Waals surface area contributed by atoms with Crippen molar-refractivity contribution in [3.63, 3.8) is 0 Å². The summed E-state index contributed by atoms with van der Waals surface area (Å²) in [6.07, 6.45) is 1.68. The molecule has 0 aliphatic carbocycles. The van der Waals surface area contributed by atoms with Gasteiger partial charge in [0.15, 0.2) is 0 Å². The molecule has 0 aromatic carbocycles. The number of rotatable bonds is 5. The van der Waals surface area contributed by atoms with Crippen molar-refractivity contribution in [3.05, 3.63) is 24.0 Å². The van der Waals surface area contributed by atoms with Crippen molar-refractivity contribution in [3.8, 4) is 0 Å². The lowest BCUT2D eigenvalue weighted by molar-refractivity contribution is -0.116. The smallest absolute Gasteiger partial charge is 0.236 e. The van der Waals surface area contributed by atoms with Gasteiger partial charge in [-0.05, 0) is 19.1 Å². The topological polar surface area (TPSA) is 85.2 Å². The maximum atomic E-state index is 10.8. The third kappa shape index (κ3) is 3.21. The van der Waals surface area contributed by atoms with Crippen LogP contribution in [-0.4, -0.2) is 24.0 Å². The minimum Gasteiger partial charge on any atom is -0.368 e. The Hall–Kier alpha value is -1.62. The second kappa shape index (κ2) is 5.31. The van der Waals surface area contributed by atoms with E-state index in [2.05, 4.69) is 4.98 Å². The van der Waals surface area contributed by atoms with Crippen LogP contribution in [0.1, 0.15) is 12.6 Å². The number of nitrogens with zero attached hydrogens (tertiary/aromatic N) is 2. The zero-order chi connectivity index (χ0) is 11.3. The number of amides is 1. The van der Waals surface area contributed by atoms with E-state index >= 15 is 0 Å². The van der Waals surface area contributed by atoms with E-state index in [-0.39, 0.29) is 12.5 Å². The molecule has 0 saturated heterocycles. The molecule has 0 aliphatic rings. The van der Waals surface area contributed by atoms with Gasteiger partial charge in [-0.1, -0.05) is 0 Å². The fraction of sp³-hybridized carbons (Fsp3) is 0.400. The molecule has 0 fully saturated rings. The largest absolute Gasteiger partial charge is 0.368 e. The van der Waals surface area contributed by atoms with Gasteiger partial charge in [0, 0.05) is 25.0 Å². The Morgan fingerprint density at radius 3 is 2.87 bits per heavy atom. The second-order valence-corrected chi connectivity index (χ2v) is 3.19. The lowest BCUT2D eigenvalue weighted by Gasteiger charge is -2.21. The number of nitrogens with two attached hydrogens (primary N) is 2. The molecule has 5 nitrogen and oxygen atoms in total. The summed E-state index contributed by atoms with van der Waals surface area (Å²) in [6, 6.07) is 3.71. The van der Waals surface area contributed by atoms with Crippen molar-refractivity contribution in [1.82, 2.24) is 4.98 Å². The van der Waals surface area contributed by atoms with Crippen molar-refractivity contribution < 1.29 is 4.79 Å². The van der Waals surface area contributed by atoms with Gasteiger partial charge in [-0.2, -0.15) is 0 Å². The fourth-order valence-corrected chi connectivity index (χ4v) is 1.35. The molecule has 1 amide bonds. The number of likely N-dealkylation sites (N-methyl/N-ethyl adjacent to an activating group) is 1. The minimum atomic E-state index is -0.344. The SMILES string of the molecule is CCN(CC(N)=O)c1ccnc(CN)c1. The molecule has 4 N–H and O–H groups in total. The molecular formula is C10H16N4O. The molecule has 0 aliphatic heterocycles. The summed E-state index contributed by atoms with van der Waals surface area (Å²) in [5, 5.41) is 0. The molecule has 5 heteroatoms. The number of hydrogen-bond donors (Lipinski definition) is 2. The van der Waals surface area contributed by atoms with Crippen LogP contribution in [0, 0.1) is 0 Å². The maximum absolute atomic E-state index is 10.8. The van der Waals surface area contributed by atoms with Crippen LogP contribution >= 0.6 is 0 Å². The molecule has 0 atom stereocenters. The first-order valence-electron chi connectivity index (χ1n) is 4.85. The molecule has 0 unspecified atom stereocenters. The van der Waals surface area contributed by atoms with Gasteiger partial charge in [0.25, 0.3) is 0 Å². The molecule has 1 heterocycles. The van der Waals surface area contributed by atoms with E-state index in [0.29, 0.717) is 6.54 Å². The van der Waals surface area contributed by atoms with Crippen LogP contribution in [-0.2, 0) is 11.3 Å². The lowest BCUT2D eigenvalue weighted by Crippen LogP contribution is -2.33.